The van der Waals surface area contributed by atoms with Crippen LogP contribution < -0.4 is 14.5 Å². The Balaban J connectivity index is 1.43. The summed E-state index contributed by atoms with van der Waals surface area (Å²) in [5.41, 5.74) is 3.25. The first-order valence-corrected chi connectivity index (χ1v) is 9.41. The number of aryl methyl sites for hydroxylation is 2. The van der Waals surface area contributed by atoms with Crippen molar-refractivity contribution in [3.05, 3.63) is 71.8 Å². The molecule has 0 saturated carbocycles. The summed E-state index contributed by atoms with van der Waals surface area (Å²) in [5, 5.41) is 0. The van der Waals surface area contributed by atoms with Crippen molar-refractivity contribution < 1.29 is 9.13 Å². The van der Waals surface area contributed by atoms with E-state index in [1.165, 1.54) is 29.7 Å². The summed E-state index contributed by atoms with van der Waals surface area (Å²) in [6.07, 6.45) is 1.51. The first kappa shape index (κ1) is 18.2. The maximum atomic E-state index is 13.3. The molecule has 1 saturated heterocycles. The van der Waals surface area contributed by atoms with Crippen LogP contribution >= 0.6 is 0 Å². The second kappa shape index (κ2) is 7.84. The van der Waals surface area contributed by atoms with Crippen LogP contribution in [0, 0.1) is 19.7 Å². The number of nitrogens with zero attached hydrogens (tertiary/aromatic N) is 4. The number of aromatic nitrogens is 2. The minimum Gasteiger partial charge on any atom is -0.439 e. The van der Waals surface area contributed by atoms with E-state index in [0.717, 1.165) is 37.6 Å². The molecule has 0 bridgehead atoms. The second-order valence-corrected chi connectivity index (χ2v) is 7.04. The number of anilines is 2. The van der Waals surface area contributed by atoms with Gasteiger partial charge in [0.2, 0.25) is 5.88 Å². The van der Waals surface area contributed by atoms with Crippen molar-refractivity contribution >= 4 is 11.5 Å². The molecule has 0 unspecified atom stereocenters. The molecule has 2 heterocycles. The van der Waals surface area contributed by atoms with Gasteiger partial charge in [0, 0.05) is 37.9 Å². The van der Waals surface area contributed by atoms with Crippen molar-refractivity contribution in [2.75, 3.05) is 36.0 Å². The van der Waals surface area contributed by atoms with Gasteiger partial charge < -0.3 is 14.5 Å². The van der Waals surface area contributed by atoms with E-state index in [-0.39, 0.29) is 5.82 Å². The van der Waals surface area contributed by atoms with Gasteiger partial charge in [0.1, 0.15) is 23.7 Å². The van der Waals surface area contributed by atoms with Gasteiger partial charge in [-0.25, -0.2) is 14.4 Å². The number of piperazine rings is 1. The summed E-state index contributed by atoms with van der Waals surface area (Å²) in [6.45, 7) is 7.52. The maximum Gasteiger partial charge on any atom is 0.224 e. The normalized spacial score (nSPS) is 14.2. The topological polar surface area (TPSA) is 41.5 Å². The lowest BCUT2D eigenvalue weighted by Gasteiger charge is -2.36. The largest absolute Gasteiger partial charge is 0.439 e. The zero-order valence-electron chi connectivity index (χ0n) is 16.1. The lowest BCUT2D eigenvalue weighted by Crippen LogP contribution is -2.46. The molecule has 144 valence electrons. The fourth-order valence-electron chi connectivity index (χ4n) is 3.35. The Morgan fingerprint density at radius 2 is 1.57 bits per heavy atom. The van der Waals surface area contributed by atoms with Crippen LogP contribution in [0.3, 0.4) is 0 Å². The molecule has 0 atom stereocenters. The van der Waals surface area contributed by atoms with E-state index in [9.17, 15) is 4.39 Å². The van der Waals surface area contributed by atoms with E-state index < -0.39 is 0 Å². The summed E-state index contributed by atoms with van der Waals surface area (Å²) in [5.74, 6) is 1.61. The Hall–Kier alpha value is -3.15. The highest BCUT2D eigenvalue weighted by molar-refractivity contribution is 5.51. The molecular weight excluding hydrogens is 355 g/mol. The summed E-state index contributed by atoms with van der Waals surface area (Å²) in [6, 6.07) is 14.9. The van der Waals surface area contributed by atoms with Crippen molar-refractivity contribution in [2.24, 2.45) is 0 Å². The number of hydrogen-bond acceptors (Lipinski definition) is 5. The Kier molecular flexibility index (Phi) is 5.10. The molecule has 0 radical (unpaired) electrons. The first-order chi connectivity index (χ1) is 13.6. The Morgan fingerprint density at radius 1 is 0.857 bits per heavy atom. The first-order valence-electron chi connectivity index (χ1n) is 9.41. The highest BCUT2D eigenvalue weighted by Gasteiger charge is 2.19. The number of rotatable bonds is 4. The lowest BCUT2D eigenvalue weighted by molar-refractivity contribution is 0.455. The van der Waals surface area contributed by atoms with Crippen LogP contribution in [0.25, 0.3) is 0 Å². The maximum absolute atomic E-state index is 13.3. The van der Waals surface area contributed by atoms with E-state index in [0.29, 0.717) is 11.6 Å². The highest BCUT2D eigenvalue weighted by atomic mass is 19.1. The third-order valence-corrected chi connectivity index (χ3v) is 4.98. The van der Waals surface area contributed by atoms with Crippen molar-refractivity contribution in [3.63, 3.8) is 0 Å². The van der Waals surface area contributed by atoms with Crippen LogP contribution in [0.2, 0.25) is 0 Å². The average molecular weight is 378 g/mol. The Morgan fingerprint density at radius 3 is 2.29 bits per heavy atom. The van der Waals surface area contributed by atoms with Gasteiger partial charge in [-0.05, 0) is 49.7 Å². The minimum atomic E-state index is -0.278. The van der Waals surface area contributed by atoms with Crippen LogP contribution in [0.4, 0.5) is 15.9 Å². The standard InChI is InChI=1S/C22H23FN4O/c1-16-3-6-19(7-4-16)26-9-11-27(12-10-26)21-14-22(25-15-24-21)28-20-8-5-18(23)13-17(20)2/h3-8,13-15H,9-12H2,1-2H3. The number of halogens is 1. The highest BCUT2D eigenvalue weighted by Crippen LogP contribution is 2.26. The molecule has 0 spiro atoms. The van der Waals surface area contributed by atoms with Crippen molar-refractivity contribution in [2.45, 2.75) is 13.8 Å². The summed E-state index contributed by atoms with van der Waals surface area (Å²) in [4.78, 5) is 13.2. The number of ether oxygens (including phenoxy) is 1. The van der Waals surface area contributed by atoms with Crippen LogP contribution in [0.15, 0.2) is 54.9 Å². The van der Waals surface area contributed by atoms with E-state index in [4.69, 9.17) is 4.74 Å². The summed E-state index contributed by atoms with van der Waals surface area (Å²) < 4.78 is 19.1. The molecule has 1 aliphatic rings. The molecule has 2 aromatic carbocycles. The van der Waals surface area contributed by atoms with Gasteiger partial charge in [-0.15, -0.1) is 0 Å². The zero-order chi connectivity index (χ0) is 19.5. The monoisotopic (exact) mass is 378 g/mol. The van der Waals surface area contributed by atoms with E-state index in [1.807, 2.05) is 13.0 Å². The van der Waals surface area contributed by atoms with Crippen LogP contribution in [-0.4, -0.2) is 36.1 Å². The van der Waals surface area contributed by atoms with Gasteiger partial charge in [0.15, 0.2) is 0 Å². The van der Waals surface area contributed by atoms with Crippen molar-refractivity contribution in [1.82, 2.24) is 9.97 Å². The van der Waals surface area contributed by atoms with Crippen molar-refractivity contribution in [3.8, 4) is 11.6 Å². The molecule has 4 rings (SSSR count). The fraction of sp³-hybridized carbons (Fsp3) is 0.273. The van der Waals surface area contributed by atoms with Gasteiger partial charge in [0.05, 0.1) is 0 Å². The average Bonchev–Trinajstić information content (AvgIpc) is 2.71. The van der Waals surface area contributed by atoms with Crippen LogP contribution in [0.5, 0.6) is 11.6 Å². The van der Waals surface area contributed by atoms with Crippen molar-refractivity contribution in [1.29, 1.82) is 0 Å². The van der Waals surface area contributed by atoms with Gasteiger partial charge >= 0.3 is 0 Å². The number of hydrogen-bond donors (Lipinski definition) is 0. The van der Waals surface area contributed by atoms with Gasteiger partial charge in [-0.1, -0.05) is 17.7 Å². The minimum absolute atomic E-state index is 0.278. The van der Waals surface area contributed by atoms with E-state index in [2.05, 4.69) is 51.0 Å². The summed E-state index contributed by atoms with van der Waals surface area (Å²) in [7, 11) is 0. The molecule has 6 heteroatoms. The molecule has 3 aromatic rings. The smallest absolute Gasteiger partial charge is 0.224 e. The third-order valence-electron chi connectivity index (χ3n) is 4.98. The molecule has 0 amide bonds. The van der Waals surface area contributed by atoms with Crippen LogP contribution in [0.1, 0.15) is 11.1 Å². The Labute approximate surface area is 164 Å². The summed E-state index contributed by atoms with van der Waals surface area (Å²) >= 11 is 0. The Bertz CT molecular complexity index is 953. The predicted molar refractivity (Wildman–Crippen MR) is 109 cm³/mol. The second-order valence-electron chi connectivity index (χ2n) is 7.04. The quantitative estimate of drug-likeness (QED) is 0.675. The molecular formula is C22H23FN4O. The predicted octanol–water partition coefficient (Wildman–Crippen LogP) is 4.35. The van der Waals surface area contributed by atoms with E-state index >= 15 is 0 Å². The zero-order valence-corrected chi connectivity index (χ0v) is 16.1. The van der Waals surface area contributed by atoms with Gasteiger partial charge in [0.25, 0.3) is 0 Å². The molecule has 1 aromatic heterocycles. The fourth-order valence-corrected chi connectivity index (χ4v) is 3.35. The van der Waals surface area contributed by atoms with Gasteiger partial charge in [-0.3, -0.25) is 0 Å². The molecule has 1 fully saturated rings. The molecule has 0 aliphatic carbocycles. The lowest BCUT2D eigenvalue weighted by atomic mass is 10.2. The molecule has 28 heavy (non-hydrogen) atoms. The van der Waals surface area contributed by atoms with Crippen LogP contribution in [-0.2, 0) is 0 Å². The van der Waals surface area contributed by atoms with Gasteiger partial charge in [-0.2, -0.15) is 0 Å². The SMILES string of the molecule is Cc1ccc(N2CCN(c3cc(Oc4ccc(F)cc4C)ncn3)CC2)cc1. The molecule has 0 N–H and O–H groups in total. The molecule has 5 nitrogen and oxygen atoms in total. The van der Waals surface area contributed by atoms with E-state index in [1.54, 1.807) is 6.07 Å². The number of benzene rings is 2. The molecule has 1 aliphatic heterocycles. The third kappa shape index (κ3) is 4.06.